The Labute approximate surface area is 199 Å². The van der Waals surface area contributed by atoms with Gasteiger partial charge in [0, 0.05) is 0 Å². The molecule has 1 nitrogen and oxygen atoms in total. The standard InChI is InChI=1S/C31H52O/c1-25(2)16-17-27(5)18-19-28(6)21(22(27)20-25)10-14-31(9)29(7)13-12-24(32)26(3,4)23(29)11-15-30(28,31)8/h20-21,23-24,32H,10-19H2,1-9H3/t21?,23?,24-,27+,28+,29-,30-,31+/m0/s1. The molecule has 1 heteroatoms. The van der Waals surface area contributed by atoms with Crippen LogP contribution in [0.3, 0.4) is 0 Å². The SMILES string of the molecule is CC1(C)C=C2C3CC[C@@]4(C)[C@@](C)(CCC5C(C)(C)[C@@H](O)CC[C@@]54C)[C@]3(C)CC[C@@]2(C)CC1. The van der Waals surface area contributed by atoms with E-state index in [2.05, 4.69) is 68.4 Å². The molecule has 0 saturated heterocycles. The quantitative estimate of drug-likeness (QED) is 0.374. The number of aliphatic hydroxyl groups is 1. The van der Waals surface area contributed by atoms with Crippen LogP contribution in [0.4, 0.5) is 0 Å². The van der Waals surface area contributed by atoms with Crippen molar-refractivity contribution in [1.82, 2.24) is 0 Å². The Morgan fingerprint density at radius 1 is 0.656 bits per heavy atom. The molecule has 8 atom stereocenters. The number of fused-ring (bicyclic) bond motifs is 7. The predicted octanol–water partition coefficient (Wildman–Crippen LogP) is 8.56. The van der Waals surface area contributed by atoms with Gasteiger partial charge in [0.05, 0.1) is 6.10 Å². The highest BCUT2D eigenvalue weighted by atomic mass is 16.3. The largest absolute Gasteiger partial charge is 0.393 e. The molecule has 0 aromatic rings. The summed E-state index contributed by atoms with van der Waals surface area (Å²) in [5.74, 6) is 1.40. The summed E-state index contributed by atoms with van der Waals surface area (Å²) in [7, 11) is 0. The topological polar surface area (TPSA) is 20.2 Å². The van der Waals surface area contributed by atoms with Gasteiger partial charge in [0.1, 0.15) is 0 Å². The van der Waals surface area contributed by atoms with Crippen LogP contribution in [0.25, 0.3) is 0 Å². The van der Waals surface area contributed by atoms with Gasteiger partial charge in [-0.1, -0.05) is 74.0 Å². The first kappa shape index (κ1) is 23.4. The first-order valence-corrected chi connectivity index (χ1v) is 14.0. The summed E-state index contributed by atoms with van der Waals surface area (Å²) in [6.07, 6.45) is 15.8. The Bertz CT molecular complexity index is 835. The Morgan fingerprint density at radius 2 is 1.25 bits per heavy atom. The molecule has 4 saturated carbocycles. The predicted molar refractivity (Wildman–Crippen MR) is 135 cm³/mol. The third kappa shape index (κ3) is 2.56. The zero-order chi connectivity index (χ0) is 23.6. The van der Waals surface area contributed by atoms with Crippen LogP contribution < -0.4 is 0 Å². The van der Waals surface area contributed by atoms with Crippen molar-refractivity contribution in [1.29, 1.82) is 0 Å². The summed E-state index contributed by atoms with van der Waals surface area (Å²) >= 11 is 0. The second-order valence-corrected chi connectivity index (χ2v) is 15.7. The van der Waals surface area contributed by atoms with E-state index in [4.69, 9.17) is 0 Å². The maximum absolute atomic E-state index is 11.0. The van der Waals surface area contributed by atoms with Gasteiger partial charge >= 0.3 is 0 Å². The van der Waals surface area contributed by atoms with Crippen LogP contribution in [0.1, 0.15) is 127 Å². The lowest BCUT2D eigenvalue weighted by Crippen LogP contribution is -2.70. The van der Waals surface area contributed by atoms with E-state index in [0.717, 1.165) is 12.3 Å². The molecule has 0 bridgehead atoms. The van der Waals surface area contributed by atoms with E-state index in [1.165, 1.54) is 57.8 Å². The number of hydrogen-bond acceptors (Lipinski definition) is 1. The van der Waals surface area contributed by atoms with E-state index in [1.807, 2.05) is 5.57 Å². The smallest absolute Gasteiger partial charge is 0.0594 e. The molecule has 0 radical (unpaired) electrons. The average molecular weight is 441 g/mol. The van der Waals surface area contributed by atoms with Crippen LogP contribution in [0.2, 0.25) is 0 Å². The minimum Gasteiger partial charge on any atom is -0.393 e. The molecule has 182 valence electrons. The third-order valence-corrected chi connectivity index (χ3v) is 14.0. The minimum absolute atomic E-state index is 0.0378. The van der Waals surface area contributed by atoms with Gasteiger partial charge in [-0.25, -0.2) is 0 Å². The second kappa shape index (κ2) is 6.47. The van der Waals surface area contributed by atoms with Gasteiger partial charge in [-0.05, 0) is 114 Å². The molecule has 4 fully saturated rings. The molecule has 0 amide bonds. The molecule has 0 aromatic heterocycles. The molecule has 0 spiro atoms. The lowest BCUT2D eigenvalue weighted by atomic mass is 9.28. The van der Waals surface area contributed by atoms with Gasteiger partial charge in [0.2, 0.25) is 0 Å². The highest BCUT2D eigenvalue weighted by molar-refractivity contribution is 5.33. The van der Waals surface area contributed by atoms with E-state index in [-0.39, 0.29) is 11.5 Å². The van der Waals surface area contributed by atoms with Crippen molar-refractivity contribution in [3.05, 3.63) is 11.6 Å². The van der Waals surface area contributed by atoms with Crippen LogP contribution >= 0.6 is 0 Å². The summed E-state index contributed by atoms with van der Waals surface area (Å²) in [5.41, 5.74) is 4.16. The molecular formula is C31H52O. The van der Waals surface area contributed by atoms with Gasteiger partial charge in [0.15, 0.2) is 0 Å². The first-order chi connectivity index (χ1) is 14.6. The highest BCUT2D eigenvalue weighted by Crippen LogP contribution is 2.80. The molecule has 5 rings (SSSR count). The maximum atomic E-state index is 11.0. The van der Waals surface area contributed by atoms with Crippen molar-refractivity contribution in [2.75, 3.05) is 0 Å². The van der Waals surface area contributed by atoms with Crippen LogP contribution in [0, 0.1) is 49.7 Å². The fourth-order valence-corrected chi connectivity index (χ4v) is 11.0. The van der Waals surface area contributed by atoms with E-state index in [0.29, 0.717) is 38.4 Å². The van der Waals surface area contributed by atoms with E-state index >= 15 is 0 Å². The molecule has 0 aromatic carbocycles. The fourth-order valence-electron chi connectivity index (χ4n) is 11.0. The first-order valence-electron chi connectivity index (χ1n) is 14.0. The van der Waals surface area contributed by atoms with Gasteiger partial charge in [-0.2, -0.15) is 0 Å². The third-order valence-electron chi connectivity index (χ3n) is 14.0. The highest BCUT2D eigenvalue weighted by Gasteiger charge is 2.73. The molecule has 2 unspecified atom stereocenters. The summed E-state index contributed by atoms with van der Waals surface area (Å²) in [4.78, 5) is 0. The molecule has 0 aliphatic heterocycles. The van der Waals surface area contributed by atoms with Gasteiger partial charge in [-0.3, -0.25) is 0 Å². The monoisotopic (exact) mass is 440 g/mol. The lowest BCUT2D eigenvalue weighted by molar-refractivity contribution is -0.276. The van der Waals surface area contributed by atoms with E-state index in [9.17, 15) is 5.11 Å². The fraction of sp³-hybridized carbons (Fsp3) is 0.935. The van der Waals surface area contributed by atoms with Gasteiger partial charge < -0.3 is 5.11 Å². The minimum atomic E-state index is -0.134. The lowest BCUT2D eigenvalue weighted by Gasteiger charge is -2.77. The molecular weight excluding hydrogens is 388 g/mol. The molecule has 32 heavy (non-hydrogen) atoms. The zero-order valence-corrected chi connectivity index (χ0v) is 22.8. The number of aliphatic hydroxyl groups excluding tert-OH is 1. The number of hydrogen-bond donors (Lipinski definition) is 1. The van der Waals surface area contributed by atoms with Crippen molar-refractivity contribution in [3.63, 3.8) is 0 Å². The van der Waals surface area contributed by atoms with Crippen molar-refractivity contribution in [3.8, 4) is 0 Å². The van der Waals surface area contributed by atoms with Crippen LogP contribution in [-0.4, -0.2) is 11.2 Å². The van der Waals surface area contributed by atoms with Crippen molar-refractivity contribution in [2.45, 2.75) is 133 Å². The second-order valence-electron chi connectivity index (χ2n) is 15.7. The Kier molecular flexibility index (Phi) is 4.74. The van der Waals surface area contributed by atoms with Crippen LogP contribution in [-0.2, 0) is 0 Å². The van der Waals surface area contributed by atoms with E-state index in [1.54, 1.807) is 0 Å². The summed E-state index contributed by atoms with van der Waals surface area (Å²) in [5, 5.41) is 11.0. The average Bonchev–Trinajstić information content (AvgIpc) is 2.69. The van der Waals surface area contributed by atoms with Crippen molar-refractivity contribution in [2.24, 2.45) is 49.7 Å². The number of allylic oxidation sites excluding steroid dienone is 2. The Hall–Kier alpha value is -0.300. The molecule has 5 aliphatic carbocycles. The summed E-state index contributed by atoms with van der Waals surface area (Å²) in [6.45, 7) is 23.1. The molecule has 1 N–H and O–H groups in total. The van der Waals surface area contributed by atoms with Crippen LogP contribution in [0.15, 0.2) is 11.6 Å². The zero-order valence-electron chi connectivity index (χ0n) is 22.8. The van der Waals surface area contributed by atoms with Crippen molar-refractivity contribution < 1.29 is 5.11 Å². The molecule has 5 aliphatic rings. The van der Waals surface area contributed by atoms with Crippen LogP contribution in [0.5, 0.6) is 0 Å². The van der Waals surface area contributed by atoms with Crippen molar-refractivity contribution >= 4 is 0 Å². The Morgan fingerprint density at radius 3 is 1.94 bits per heavy atom. The normalized spacial score (nSPS) is 56.2. The van der Waals surface area contributed by atoms with E-state index < -0.39 is 0 Å². The van der Waals surface area contributed by atoms with Gasteiger partial charge in [-0.15, -0.1) is 0 Å². The Balaban J connectivity index is 1.61. The number of rotatable bonds is 0. The molecule has 0 heterocycles. The van der Waals surface area contributed by atoms with Gasteiger partial charge in [0.25, 0.3) is 0 Å². The summed E-state index contributed by atoms with van der Waals surface area (Å²) < 4.78 is 0. The maximum Gasteiger partial charge on any atom is 0.0594 e. The summed E-state index contributed by atoms with van der Waals surface area (Å²) in [6, 6.07) is 0.